The molecule has 0 unspecified atom stereocenters. The largest absolute Gasteiger partial charge is 0.545 e. The quantitative estimate of drug-likeness (QED) is 0.511. The Morgan fingerprint density at radius 1 is 1.26 bits per heavy atom. The van der Waals surface area contributed by atoms with Crippen LogP contribution in [0.15, 0.2) is 35.5 Å². The normalized spacial score (nSPS) is 15.1. The highest BCUT2D eigenvalue weighted by Gasteiger charge is 2.19. The molecule has 0 radical (unpaired) electrons. The van der Waals surface area contributed by atoms with Crippen molar-refractivity contribution in [2.45, 2.75) is 17.5 Å². The molecule has 7 nitrogen and oxygen atoms in total. The number of thioether (sulfide) groups is 1. The summed E-state index contributed by atoms with van der Waals surface area (Å²) >= 11 is 1.53. The molecule has 1 aliphatic rings. The first-order valence-corrected chi connectivity index (χ1v) is 9.90. The number of nitrogens with one attached hydrogen (secondary N) is 1. The highest BCUT2D eigenvalue weighted by molar-refractivity contribution is 7.98. The summed E-state index contributed by atoms with van der Waals surface area (Å²) in [6, 6.07) is 8.71. The number of quaternary nitrogens is 1. The minimum Gasteiger partial charge on any atom is -0.545 e. The molecule has 2 heterocycles. The number of aromatic nitrogens is 2. The highest BCUT2D eigenvalue weighted by atomic mass is 32.2. The number of anilines is 1. The number of nitrogens with zero attached hydrogens (tertiary/aromatic N) is 3. The van der Waals surface area contributed by atoms with Gasteiger partial charge in [0.25, 0.3) is 0 Å². The molecule has 0 atom stereocenters. The molecule has 8 heteroatoms. The van der Waals surface area contributed by atoms with E-state index in [0.29, 0.717) is 17.5 Å². The molecular weight excluding hydrogens is 364 g/mol. The van der Waals surface area contributed by atoms with E-state index in [0.717, 1.165) is 43.3 Å². The smallest absolute Gasteiger partial charge is 0.190 e. The van der Waals surface area contributed by atoms with Crippen LogP contribution in [0.3, 0.4) is 0 Å². The maximum absolute atomic E-state index is 10.8. The maximum Gasteiger partial charge on any atom is 0.190 e. The van der Waals surface area contributed by atoms with E-state index < -0.39 is 5.97 Å². The molecule has 0 spiro atoms. The van der Waals surface area contributed by atoms with Gasteiger partial charge >= 0.3 is 0 Å². The third kappa shape index (κ3) is 5.41. The van der Waals surface area contributed by atoms with Crippen molar-refractivity contribution in [1.29, 1.82) is 0 Å². The van der Waals surface area contributed by atoms with Gasteiger partial charge in [0.15, 0.2) is 5.16 Å². The Bertz CT molecular complexity index is 777. The van der Waals surface area contributed by atoms with E-state index in [-0.39, 0.29) is 5.56 Å². The molecular formula is C19H24N4O3S. The number of benzene rings is 1. The number of carboxylic acids is 1. The second kappa shape index (κ2) is 9.16. The number of carboxylic acid groups (broad SMARTS) is 1. The Kier molecular flexibility index (Phi) is 6.65. The van der Waals surface area contributed by atoms with Crippen LogP contribution < -0.4 is 14.9 Å². The Morgan fingerprint density at radius 2 is 1.96 bits per heavy atom. The number of likely N-dealkylation sites (N-methyl/N-ethyl adjacent to an activating group) is 1. The third-order valence-electron chi connectivity index (χ3n) is 4.54. The summed E-state index contributed by atoms with van der Waals surface area (Å²) in [5.74, 6) is 0.443. The second-order valence-corrected chi connectivity index (χ2v) is 7.59. The van der Waals surface area contributed by atoms with Crippen LogP contribution in [0, 0.1) is 0 Å². The Labute approximate surface area is 163 Å². The topological polar surface area (TPSA) is 82.8 Å². The van der Waals surface area contributed by atoms with Gasteiger partial charge in [0, 0.05) is 18.9 Å². The molecule has 1 fully saturated rings. The summed E-state index contributed by atoms with van der Waals surface area (Å²) in [5, 5.41) is 11.5. The van der Waals surface area contributed by atoms with Crippen LogP contribution >= 0.6 is 11.8 Å². The van der Waals surface area contributed by atoms with E-state index >= 15 is 0 Å². The second-order valence-electron chi connectivity index (χ2n) is 6.65. The van der Waals surface area contributed by atoms with Gasteiger partial charge in [-0.25, -0.2) is 9.97 Å². The van der Waals surface area contributed by atoms with Crippen LogP contribution in [0.5, 0.6) is 0 Å². The van der Waals surface area contributed by atoms with Crippen molar-refractivity contribution in [3.63, 3.8) is 0 Å². The van der Waals surface area contributed by atoms with Crippen LogP contribution in [0.2, 0.25) is 0 Å². The molecule has 1 N–H and O–H groups in total. The molecule has 1 saturated heterocycles. The van der Waals surface area contributed by atoms with E-state index in [2.05, 4.69) is 16.9 Å². The van der Waals surface area contributed by atoms with E-state index in [1.165, 1.54) is 16.7 Å². The molecule has 2 aromatic rings. The summed E-state index contributed by atoms with van der Waals surface area (Å²) < 4.78 is 5.26. The first-order chi connectivity index (χ1) is 13.0. The lowest BCUT2D eigenvalue weighted by Gasteiger charge is -2.31. The number of carbonyl (C=O) groups excluding carboxylic acids is 1. The minimum atomic E-state index is -1.16. The van der Waals surface area contributed by atoms with Gasteiger partial charge in [-0.1, -0.05) is 36.0 Å². The molecule has 0 amide bonds. The molecule has 0 saturated carbocycles. The highest BCUT2D eigenvalue weighted by Crippen LogP contribution is 2.23. The lowest BCUT2D eigenvalue weighted by atomic mass is 10.1. The van der Waals surface area contributed by atoms with Crippen molar-refractivity contribution in [3.8, 4) is 0 Å². The first-order valence-electron chi connectivity index (χ1n) is 8.91. The van der Waals surface area contributed by atoms with Gasteiger partial charge in [-0.15, -0.1) is 0 Å². The minimum absolute atomic E-state index is 0.182. The Hall–Kier alpha value is -2.16. The molecule has 1 aromatic carbocycles. The molecule has 0 bridgehead atoms. The summed E-state index contributed by atoms with van der Waals surface area (Å²) in [5.41, 5.74) is 2.06. The number of hydrogen-bond donors (Lipinski definition) is 1. The summed E-state index contributed by atoms with van der Waals surface area (Å²) in [6.07, 6.45) is 0. The zero-order chi connectivity index (χ0) is 19.2. The standard InChI is InChI=1S/C19H24N4O3S/c1-22-7-9-23(10-8-22)17-11-16(12-26-2)20-19(21-17)27-13-14-3-5-15(6-4-14)18(24)25/h3-6,11H,7-10,12-13H2,1-2H3,(H,24,25). The fourth-order valence-corrected chi connectivity index (χ4v) is 3.74. The van der Waals surface area contributed by atoms with Gasteiger partial charge in [0.05, 0.1) is 51.5 Å². The average Bonchev–Trinajstić information content (AvgIpc) is 2.67. The van der Waals surface area contributed by atoms with Crippen LogP contribution in [0.1, 0.15) is 21.6 Å². The predicted octanol–water partition coefficient (Wildman–Crippen LogP) is -0.386. The first kappa shape index (κ1) is 19.6. The SMILES string of the molecule is COCc1cc(N2CC[NH+](C)CC2)nc(SCc2ccc(C(=O)[O-])cc2)n1. The van der Waals surface area contributed by atoms with Crippen LogP contribution in [0.4, 0.5) is 5.82 Å². The van der Waals surface area contributed by atoms with Crippen molar-refractivity contribution in [2.24, 2.45) is 0 Å². The fourth-order valence-electron chi connectivity index (χ4n) is 2.91. The maximum atomic E-state index is 10.8. The third-order valence-corrected chi connectivity index (χ3v) is 5.45. The van der Waals surface area contributed by atoms with Crippen LogP contribution in [-0.2, 0) is 17.1 Å². The van der Waals surface area contributed by atoms with Gasteiger partial charge in [0.1, 0.15) is 5.82 Å². The van der Waals surface area contributed by atoms with Gasteiger partial charge in [-0.3, -0.25) is 0 Å². The van der Waals surface area contributed by atoms with Gasteiger partial charge in [0.2, 0.25) is 0 Å². The zero-order valence-corrected chi connectivity index (χ0v) is 16.4. The summed E-state index contributed by atoms with van der Waals surface area (Å²) in [6.45, 7) is 4.59. The van der Waals surface area contributed by atoms with Gasteiger partial charge in [-0.2, -0.15) is 0 Å². The number of methoxy groups -OCH3 is 1. The Balaban J connectivity index is 1.72. The molecule has 144 valence electrons. The number of piperazine rings is 1. The predicted molar refractivity (Wildman–Crippen MR) is 102 cm³/mol. The monoisotopic (exact) mass is 388 g/mol. The van der Waals surface area contributed by atoms with Crippen molar-refractivity contribution in [3.05, 3.63) is 47.2 Å². The molecule has 0 aliphatic carbocycles. The van der Waals surface area contributed by atoms with Crippen molar-refractivity contribution in [1.82, 2.24) is 9.97 Å². The lowest BCUT2D eigenvalue weighted by Crippen LogP contribution is -3.12. The lowest BCUT2D eigenvalue weighted by molar-refractivity contribution is -0.880. The summed E-state index contributed by atoms with van der Waals surface area (Å²) in [7, 11) is 3.87. The van der Waals surface area contributed by atoms with Crippen LogP contribution in [0.25, 0.3) is 0 Å². The van der Waals surface area contributed by atoms with Crippen molar-refractivity contribution >= 4 is 23.5 Å². The number of carbonyl (C=O) groups is 1. The average molecular weight is 388 g/mol. The summed E-state index contributed by atoms with van der Waals surface area (Å²) in [4.78, 5) is 24.0. The number of ether oxygens (including phenoxy) is 1. The van der Waals surface area contributed by atoms with Crippen LogP contribution in [-0.4, -0.2) is 56.3 Å². The van der Waals surface area contributed by atoms with E-state index in [9.17, 15) is 9.90 Å². The number of hydrogen-bond acceptors (Lipinski definition) is 7. The fraction of sp³-hybridized carbons (Fsp3) is 0.421. The van der Waals surface area contributed by atoms with Crippen molar-refractivity contribution in [2.75, 3.05) is 45.2 Å². The zero-order valence-electron chi connectivity index (χ0n) is 15.6. The van der Waals surface area contributed by atoms with Crippen molar-refractivity contribution < 1.29 is 19.5 Å². The number of aromatic carboxylic acids is 1. The molecule has 27 heavy (non-hydrogen) atoms. The van der Waals surface area contributed by atoms with E-state index in [4.69, 9.17) is 9.72 Å². The van der Waals surface area contributed by atoms with E-state index in [1.54, 1.807) is 31.4 Å². The van der Waals surface area contributed by atoms with Gasteiger partial charge in [-0.05, 0) is 11.1 Å². The van der Waals surface area contributed by atoms with Gasteiger partial charge < -0.3 is 24.4 Å². The molecule has 3 rings (SSSR count). The van der Waals surface area contributed by atoms with E-state index in [1.807, 2.05) is 6.07 Å². The Morgan fingerprint density at radius 3 is 2.59 bits per heavy atom. The molecule has 1 aliphatic heterocycles. The number of rotatable bonds is 7. The molecule has 1 aromatic heterocycles.